The van der Waals surface area contributed by atoms with Crippen LogP contribution in [0.2, 0.25) is 0 Å². The number of anilines is 1. The molecule has 0 aliphatic heterocycles. The molecule has 0 saturated carbocycles. The molecule has 1 aromatic rings. The van der Waals surface area contributed by atoms with E-state index in [0.717, 1.165) is 0 Å². The predicted octanol–water partition coefficient (Wildman–Crippen LogP) is 2.60. The van der Waals surface area contributed by atoms with E-state index in [1.807, 2.05) is 0 Å². The van der Waals surface area contributed by atoms with Crippen LogP contribution in [0.15, 0.2) is 18.2 Å². The number of hydrogen-bond donors (Lipinski definition) is 4. The van der Waals surface area contributed by atoms with Gasteiger partial charge in [0, 0.05) is 23.7 Å². The van der Waals surface area contributed by atoms with Crippen molar-refractivity contribution in [2.24, 2.45) is 5.73 Å². The highest BCUT2D eigenvalue weighted by molar-refractivity contribution is 5.85. The van der Waals surface area contributed by atoms with Crippen molar-refractivity contribution in [3.63, 3.8) is 0 Å². The van der Waals surface area contributed by atoms with E-state index in [0.29, 0.717) is 11.3 Å². The van der Waals surface area contributed by atoms with Gasteiger partial charge < -0.3 is 20.7 Å². The number of hydrogen-bond acceptors (Lipinski definition) is 5. The summed E-state index contributed by atoms with van der Waals surface area (Å²) in [5, 5.41) is 21.0. The molecular weight excluding hydrogens is 288 g/mol. The average molecular weight is 310 g/mol. The standard InChI is InChI=1S/C15H22N2O5/c1-15(2,3)22-14(21)17-9-4-6-12(18)10(8-9)11(16)5-7-13(19)20/h4,6,8,11,18H,5,7,16H2,1-3H3,(H,17,21)(H,19,20). The monoisotopic (exact) mass is 310 g/mol. The van der Waals surface area contributed by atoms with Gasteiger partial charge in [-0.2, -0.15) is 0 Å². The zero-order chi connectivity index (χ0) is 16.9. The van der Waals surface area contributed by atoms with Gasteiger partial charge in [0.1, 0.15) is 11.4 Å². The highest BCUT2D eigenvalue weighted by Gasteiger charge is 2.18. The van der Waals surface area contributed by atoms with Gasteiger partial charge in [-0.1, -0.05) is 0 Å². The fourth-order valence-electron chi connectivity index (χ4n) is 1.79. The maximum Gasteiger partial charge on any atom is 0.412 e. The number of carboxylic acid groups (broad SMARTS) is 1. The largest absolute Gasteiger partial charge is 0.508 e. The fourth-order valence-corrected chi connectivity index (χ4v) is 1.79. The third-order valence-corrected chi connectivity index (χ3v) is 2.74. The van der Waals surface area contributed by atoms with Crippen molar-refractivity contribution >= 4 is 17.7 Å². The first-order valence-corrected chi connectivity index (χ1v) is 6.89. The molecule has 0 aromatic heterocycles. The normalized spacial score (nSPS) is 12.5. The lowest BCUT2D eigenvalue weighted by atomic mass is 10.0. The Morgan fingerprint density at radius 1 is 1.36 bits per heavy atom. The average Bonchev–Trinajstić information content (AvgIpc) is 2.36. The Labute approximate surface area is 129 Å². The maximum atomic E-state index is 11.7. The van der Waals surface area contributed by atoms with E-state index in [2.05, 4.69) is 5.32 Å². The highest BCUT2D eigenvalue weighted by atomic mass is 16.6. The lowest BCUT2D eigenvalue weighted by Crippen LogP contribution is -2.27. The molecule has 0 aliphatic carbocycles. The minimum atomic E-state index is -0.960. The second kappa shape index (κ2) is 7.13. The second-order valence-electron chi connectivity index (χ2n) is 5.94. The maximum absolute atomic E-state index is 11.7. The van der Waals surface area contributed by atoms with Gasteiger partial charge in [-0.05, 0) is 45.4 Å². The number of rotatable bonds is 5. The van der Waals surface area contributed by atoms with Crippen LogP contribution in [0.3, 0.4) is 0 Å². The summed E-state index contributed by atoms with van der Waals surface area (Å²) in [7, 11) is 0. The molecule has 1 amide bonds. The number of nitrogens with two attached hydrogens (primary N) is 1. The number of amides is 1. The van der Waals surface area contributed by atoms with Crippen molar-refractivity contribution in [1.82, 2.24) is 0 Å². The molecule has 0 saturated heterocycles. The summed E-state index contributed by atoms with van der Waals surface area (Å²) in [5.74, 6) is -1.01. The molecule has 0 radical (unpaired) electrons. The zero-order valence-electron chi connectivity index (χ0n) is 12.9. The van der Waals surface area contributed by atoms with Gasteiger partial charge in [0.2, 0.25) is 0 Å². The van der Waals surface area contributed by atoms with E-state index in [4.69, 9.17) is 15.6 Å². The second-order valence-corrected chi connectivity index (χ2v) is 5.94. The summed E-state index contributed by atoms with van der Waals surface area (Å²) in [6.07, 6.45) is -0.549. The first-order chi connectivity index (χ1) is 10.1. The molecule has 0 heterocycles. The number of phenols is 1. The van der Waals surface area contributed by atoms with Gasteiger partial charge >= 0.3 is 12.1 Å². The Hall–Kier alpha value is -2.28. The van der Waals surface area contributed by atoms with Crippen molar-refractivity contribution in [1.29, 1.82) is 0 Å². The number of carboxylic acids is 1. The molecular formula is C15H22N2O5. The van der Waals surface area contributed by atoms with Crippen LogP contribution >= 0.6 is 0 Å². The SMILES string of the molecule is CC(C)(C)OC(=O)Nc1ccc(O)c(C(N)CCC(=O)O)c1. The molecule has 1 atom stereocenters. The lowest BCUT2D eigenvalue weighted by molar-refractivity contribution is -0.137. The summed E-state index contributed by atoms with van der Waals surface area (Å²) in [4.78, 5) is 22.3. The van der Waals surface area contributed by atoms with E-state index in [9.17, 15) is 14.7 Å². The van der Waals surface area contributed by atoms with Gasteiger partial charge in [-0.3, -0.25) is 10.1 Å². The quantitative estimate of drug-likeness (QED) is 0.620. The number of carbonyl (C=O) groups is 2. The molecule has 1 rings (SSSR count). The van der Waals surface area contributed by atoms with Crippen molar-refractivity contribution in [3.8, 4) is 5.75 Å². The summed E-state index contributed by atoms with van der Waals surface area (Å²) in [6, 6.07) is 3.76. The predicted molar refractivity (Wildman–Crippen MR) is 81.8 cm³/mol. The summed E-state index contributed by atoms with van der Waals surface area (Å²) in [5.41, 5.74) is 6.04. The Kier molecular flexibility index (Phi) is 5.76. The van der Waals surface area contributed by atoms with Gasteiger partial charge in [-0.15, -0.1) is 0 Å². The van der Waals surface area contributed by atoms with E-state index in [1.165, 1.54) is 18.2 Å². The summed E-state index contributed by atoms with van der Waals surface area (Å²) >= 11 is 0. The molecule has 0 aliphatic rings. The van der Waals surface area contributed by atoms with Crippen molar-refractivity contribution in [3.05, 3.63) is 23.8 Å². The first kappa shape index (κ1) is 17.8. The van der Waals surface area contributed by atoms with Crippen LogP contribution in [0.25, 0.3) is 0 Å². The molecule has 7 heteroatoms. The van der Waals surface area contributed by atoms with Crippen LogP contribution in [-0.2, 0) is 9.53 Å². The number of phenolic OH excluding ortho intramolecular Hbond substituents is 1. The van der Waals surface area contributed by atoms with E-state index in [-0.39, 0.29) is 18.6 Å². The van der Waals surface area contributed by atoms with Crippen LogP contribution in [0.1, 0.15) is 45.2 Å². The number of aliphatic carboxylic acids is 1. The fraction of sp³-hybridized carbons (Fsp3) is 0.467. The van der Waals surface area contributed by atoms with Crippen LogP contribution in [0.5, 0.6) is 5.75 Å². The third-order valence-electron chi connectivity index (χ3n) is 2.74. The molecule has 1 aromatic carbocycles. The number of aromatic hydroxyl groups is 1. The molecule has 0 spiro atoms. The minimum absolute atomic E-state index is 0.0485. The topological polar surface area (TPSA) is 122 Å². The number of nitrogens with one attached hydrogen (secondary N) is 1. The third kappa shape index (κ3) is 6.01. The van der Waals surface area contributed by atoms with Crippen LogP contribution in [-0.4, -0.2) is 27.9 Å². The lowest BCUT2D eigenvalue weighted by Gasteiger charge is -2.20. The van der Waals surface area contributed by atoms with Crippen molar-refractivity contribution < 1.29 is 24.5 Å². The summed E-state index contributed by atoms with van der Waals surface area (Å²) in [6.45, 7) is 5.24. The van der Waals surface area contributed by atoms with Crippen LogP contribution in [0, 0.1) is 0 Å². The Morgan fingerprint density at radius 3 is 2.55 bits per heavy atom. The van der Waals surface area contributed by atoms with Crippen LogP contribution < -0.4 is 11.1 Å². The Bertz CT molecular complexity index is 551. The Morgan fingerprint density at radius 2 is 2.00 bits per heavy atom. The van der Waals surface area contributed by atoms with Gasteiger partial charge in [0.05, 0.1) is 0 Å². The van der Waals surface area contributed by atoms with E-state index < -0.39 is 23.7 Å². The zero-order valence-corrected chi connectivity index (χ0v) is 12.9. The number of ether oxygens (including phenoxy) is 1. The molecule has 0 bridgehead atoms. The van der Waals surface area contributed by atoms with Gasteiger partial charge in [0.25, 0.3) is 0 Å². The van der Waals surface area contributed by atoms with Crippen molar-refractivity contribution in [2.75, 3.05) is 5.32 Å². The number of benzene rings is 1. The molecule has 1 unspecified atom stereocenters. The summed E-state index contributed by atoms with van der Waals surface area (Å²) < 4.78 is 5.13. The highest BCUT2D eigenvalue weighted by Crippen LogP contribution is 2.28. The molecule has 0 fully saturated rings. The molecule has 22 heavy (non-hydrogen) atoms. The van der Waals surface area contributed by atoms with Crippen molar-refractivity contribution in [2.45, 2.75) is 45.3 Å². The van der Waals surface area contributed by atoms with E-state index >= 15 is 0 Å². The molecule has 122 valence electrons. The molecule has 5 N–H and O–H groups in total. The van der Waals surface area contributed by atoms with E-state index in [1.54, 1.807) is 20.8 Å². The smallest absolute Gasteiger partial charge is 0.412 e. The first-order valence-electron chi connectivity index (χ1n) is 6.89. The Balaban J connectivity index is 2.81. The van der Waals surface area contributed by atoms with Gasteiger partial charge in [0.15, 0.2) is 0 Å². The molecule has 7 nitrogen and oxygen atoms in total. The minimum Gasteiger partial charge on any atom is -0.508 e. The number of carbonyl (C=O) groups excluding carboxylic acids is 1. The van der Waals surface area contributed by atoms with Gasteiger partial charge in [-0.25, -0.2) is 4.79 Å². The van der Waals surface area contributed by atoms with Crippen LogP contribution in [0.4, 0.5) is 10.5 Å².